The molecule has 0 saturated carbocycles. The van der Waals surface area contributed by atoms with Crippen LogP contribution in [-0.2, 0) is 25.5 Å². The molecule has 8 nitrogen and oxygen atoms in total. The monoisotopic (exact) mass is 482 g/mol. The maximum atomic E-state index is 13.5. The van der Waals surface area contributed by atoms with Crippen molar-refractivity contribution in [3.05, 3.63) is 47.5 Å². The predicted octanol–water partition coefficient (Wildman–Crippen LogP) is 3.17. The Kier molecular flexibility index (Phi) is 8.51. The zero-order valence-electron chi connectivity index (χ0n) is 21.2. The molecule has 0 saturated heterocycles. The number of nitrogens with one attached hydrogen (secondary N) is 1. The summed E-state index contributed by atoms with van der Waals surface area (Å²) in [6, 6.07) is 9.83. The van der Waals surface area contributed by atoms with Gasteiger partial charge in [0, 0.05) is 29.9 Å². The van der Waals surface area contributed by atoms with Crippen molar-refractivity contribution in [1.82, 2.24) is 10.2 Å². The third kappa shape index (κ3) is 5.65. The zero-order valence-corrected chi connectivity index (χ0v) is 21.2. The van der Waals surface area contributed by atoms with Gasteiger partial charge in [0.05, 0.1) is 27.4 Å². The number of carbonyl (C=O) groups excluding carboxylic acids is 3. The van der Waals surface area contributed by atoms with Crippen molar-refractivity contribution in [3.63, 3.8) is 0 Å². The van der Waals surface area contributed by atoms with E-state index in [1.807, 2.05) is 55.3 Å². The maximum absolute atomic E-state index is 13.5. The van der Waals surface area contributed by atoms with Crippen LogP contribution in [0.25, 0.3) is 11.1 Å². The van der Waals surface area contributed by atoms with Gasteiger partial charge in [0.1, 0.15) is 17.5 Å². The Morgan fingerprint density at radius 1 is 1.00 bits per heavy atom. The molecule has 0 aliphatic carbocycles. The molecule has 4 bridgehead atoms. The lowest BCUT2D eigenvalue weighted by atomic mass is 9.90. The number of benzene rings is 2. The number of methoxy groups -OCH3 is 3. The first-order valence-corrected chi connectivity index (χ1v) is 11.7. The van der Waals surface area contributed by atoms with Crippen LogP contribution in [-0.4, -0.2) is 63.5 Å². The van der Waals surface area contributed by atoms with E-state index in [9.17, 15) is 14.4 Å². The van der Waals surface area contributed by atoms with Gasteiger partial charge >= 0.3 is 5.97 Å². The number of nitrogens with zero attached hydrogens (tertiary/aromatic N) is 1. The summed E-state index contributed by atoms with van der Waals surface area (Å²) in [5, 5.41) is 2.78. The van der Waals surface area contributed by atoms with Crippen molar-refractivity contribution >= 4 is 17.7 Å². The van der Waals surface area contributed by atoms with Gasteiger partial charge in [-0.3, -0.25) is 14.5 Å². The molecule has 1 aliphatic rings. The molecule has 35 heavy (non-hydrogen) atoms. The molecule has 3 rings (SSSR count). The van der Waals surface area contributed by atoms with Gasteiger partial charge in [-0.25, -0.2) is 4.79 Å². The molecular formula is C27H34N2O6. The fraction of sp³-hybridized carbons (Fsp3) is 0.444. The molecule has 188 valence electrons. The van der Waals surface area contributed by atoms with Gasteiger partial charge in [-0.15, -0.1) is 0 Å². The molecule has 0 aromatic heterocycles. The average molecular weight is 483 g/mol. The van der Waals surface area contributed by atoms with Gasteiger partial charge in [0.15, 0.2) is 5.78 Å². The number of Topliss-reactive ketones (excluding diaryl/α,β-unsaturated/α-hetero) is 1. The Hall–Kier alpha value is -3.39. The van der Waals surface area contributed by atoms with E-state index in [4.69, 9.17) is 14.2 Å². The SMILES string of the molecule is CCN(C)[C@@H]1C(=O)C[C@@H](C)C(=O)N[C@H](C(=O)OC)Cc2ccc(OC)c(c2)-c2cc1ccc2OC. The summed E-state index contributed by atoms with van der Waals surface area (Å²) in [7, 11) is 6.35. The number of rotatable bonds is 5. The van der Waals surface area contributed by atoms with Crippen molar-refractivity contribution in [2.24, 2.45) is 5.92 Å². The van der Waals surface area contributed by atoms with Gasteiger partial charge in [-0.1, -0.05) is 26.0 Å². The number of esters is 1. The maximum Gasteiger partial charge on any atom is 0.328 e. The van der Waals surface area contributed by atoms with Crippen LogP contribution in [0.5, 0.6) is 11.5 Å². The summed E-state index contributed by atoms with van der Waals surface area (Å²) in [5.74, 6) is -0.365. The van der Waals surface area contributed by atoms with E-state index < -0.39 is 24.0 Å². The van der Waals surface area contributed by atoms with Crippen molar-refractivity contribution in [2.75, 3.05) is 34.9 Å². The molecule has 2 aromatic carbocycles. The zero-order chi connectivity index (χ0) is 25.7. The number of ketones is 1. The highest BCUT2D eigenvalue weighted by molar-refractivity contribution is 5.92. The lowest BCUT2D eigenvalue weighted by Gasteiger charge is -2.28. The molecule has 1 heterocycles. The first-order valence-electron chi connectivity index (χ1n) is 11.7. The van der Waals surface area contributed by atoms with Crippen LogP contribution >= 0.6 is 0 Å². The summed E-state index contributed by atoms with van der Waals surface area (Å²) in [4.78, 5) is 40.9. The van der Waals surface area contributed by atoms with E-state index in [0.29, 0.717) is 18.0 Å². The highest BCUT2D eigenvalue weighted by Crippen LogP contribution is 2.40. The molecule has 0 unspecified atom stereocenters. The standard InChI is InChI=1S/C27H34N2O6/c1-7-29(3)25-18-9-11-24(34-5)20(15-18)19-13-17(8-10-23(19)33-4)14-21(27(32)35-6)28-26(31)16(2)12-22(25)30/h8-11,13,15-16,21,25H,7,12,14H2,1-6H3,(H,28,31)/t16-,21+,25+/m1/s1. The Labute approximate surface area is 206 Å². The number of hydrogen-bond acceptors (Lipinski definition) is 7. The fourth-order valence-electron chi connectivity index (χ4n) is 4.46. The van der Waals surface area contributed by atoms with Gasteiger partial charge in [-0.2, -0.15) is 0 Å². The number of carbonyl (C=O) groups is 3. The fourth-order valence-corrected chi connectivity index (χ4v) is 4.46. The summed E-state index contributed by atoms with van der Waals surface area (Å²) in [6.07, 6.45) is 0.254. The smallest absolute Gasteiger partial charge is 0.328 e. The molecule has 3 atom stereocenters. The Bertz CT molecular complexity index is 1100. The van der Waals surface area contributed by atoms with Crippen molar-refractivity contribution in [2.45, 2.75) is 38.8 Å². The van der Waals surface area contributed by atoms with Crippen molar-refractivity contribution < 1.29 is 28.6 Å². The second kappa shape index (κ2) is 11.4. The average Bonchev–Trinajstić information content (AvgIpc) is 2.86. The molecule has 0 spiro atoms. The van der Waals surface area contributed by atoms with Crippen LogP contribution in [0, 0.1) is 5.92 Å². The highest BCUT2D eigenvalue weighted by Gasteiger charge is 2.31. The normalized spacial score (nSPS) is 20.6. The lowest BCUT2D eigenvalue weighted by molar-refractivity contribution is -0.145. The number of amides is 1. The predicted molar refractivity (Wildman–Crippen MR) is 132 cm³/mol. The summed E-state index contributed by atoms with van der Waals surface area (Å²) < 4.78 is 16.2. The number of ether oxygens (including phenoxy) is 3. The second-order valence-electron chi connectivity index (χ2n) is 8.83. The van der Waals surface area contributed by atoms with E-state index in [1.54, 1.807) is 21.1 Å². The minimum atomic E-state index is -0.892. The van der Waals surface area contributed by atoms with Crippen molar-refractivity contribution in [1.29, 1.82) is 0 Å². The summed E-state index contributed by atoms with van der Waals surface area (Å²) in [5.41, 5.74) is 3.15. The molecule has 1 N–H and O–H groups in total. The Morgan fingerprint density at radius 3 is 2.23 bits per heavy atom. The quantitative estimate of drug-likeness (QED) is 0.654. The summed E-state index contributed by atoms with van der Waals surface area (Å²) >= 11 is 0. The van der Waals surface area contributed by atoms with Gasteiger partial charge in [0.25, 0.3) is 0 Å². The number of hydrogen-bond donors (Lipinski definition) is 1. The van der Waals surface area contributed by atoms with Crippen LogP contribution in [0.4, 0.5) is 0 Å². The molecule has 1 amide bonds. The van der Waals surface area contributed by atoms with Crippen LogP contribution < -0.4 is 14.8 Å². The van der Waals surface area contributed by atoms with Gasteiger partial charge in [-0.05, 0) is 49.0 Å². The van der Waals surface area contributed by atoms with E-state index in [-0.39, 0.29) is 24.5 Å². The molecule has 0 radical (unpaired) electrons. The lowest BCUT2D eigenvalue weighted by Crippen LogP contribution is -2.45. The van der Waals surface area contributed by atoms with Crippen LogP contribution in [0.3, 0.4) is 0 Å². The largest absolute Gasteiger partial charge is 0.496 e. The van der Waals surface area contributed by atoms with Gasteiger partial charge < -0.3 is 19.5 Å². The Morgan fingerprint density at radius 2 is 1.63 bits per heavy atom. The third-order valence-corrected chi connectivity index (χ3v) is 6.53. The minimum Gasteiger partial charge on any atom is -0.496 e. The summed E-state index contributed by atoms with van der Waals surface area (Å²) in [6.45, 7) is 4.32. The van der Waals surface area contributed by atoms with Gasteiger partial charge in [0.2, 0.25) is 5.91 Å². The molecule has 2 aromatic rings. The first-order chi connectivity index (χ1) is 16.7. The number of likely N-dealkylation sites (N-methyl/N-ethyl adjacent to an activating group) is 1. The molecule has 0 fully saturated rings. The minimum absolute atomic E-state index is 0.0325. The molecular weight excluding hydrogens is 448 g/mol. The van der Waals surface area contributed by atoms with Crippen LogP contribution in [0.2, 0.25) is 0 Å². The van der Waals surface area contributed by atoms with E-state index >= 15 is 0 Å². The molecule has 8 heteroatoms. The Balaban J connectivity index is 2.27. The van der Waals surface area contributed by atoms with E-state index in [2.05, 4.69) is 5.32 Å². The van der Waals surface area contributed by atoms with Crippen molar-refractivity contribution in [3.8, 4) is 22.6 Å². The number of fused-ring (bicyclic) bond motifs is 5. The van der Waals surface area contributed by atoms with E-state index in [0.717, 1.165) is 22.3 Å². The first kappa shape index (κ1) is 26.2. The highest BCUT2D eigenvalue weighted by atomic mass is 16.5. The molecule has 1 aliphatic heterocycles. The topological polar surface area (TPSA) is 94.2 Å². The van der Waals surface area contributed by atoms with E-state index in [1.165, 1.54) is 7.11 Å². The van der Waals surface area contributed by atoms with Crippen LogP contribution in [0.15, 0.2) is 36.4 Å². The third-order valence-electron chi connectivity index (χ3n) is 6.53. The second-order valence-corrected chi connectivity index (χ2v) is 8.83. The van der Waals surface area contributed by atoms with Crippen LogP contribution in [0.1, 0.15) is 37.4 Å².